The number of pyridine rings is 1. The number of carbonyl (C=O) groups is 2. The van der Waals surface area contributed by atoms with Crippen LogP contribution in [-0.2, 0) is 16.6 Å². The first kappa shape index (κ1) is 32.0. The van der Waals surface area contributed by atoms with Crippen LogP contribution in [0.4, 0.5) is 0 Å². The Bertz CT molecular complexity index is 2050. The van der Waals surface area contributed by atoms with Crippen LogP contribution in [0.2, 0.25) is 0 Å². The molecule has 0 bridgehead atoms. The second-order valence-electron chi connectivity index (χ2n) is 12.6. The van der Waals surface area contributed by atoms with E-state index in [1.54, 1.807) is 12.3 Å². The van der Waals surface area contributed by atoms with Crippen molar-refractivity contribution in [1.29, 1.82) is 0 Å². The summed E-state index contributed by atoms with van der Waals surface area (Å²) in [5.74, 6) is 1.06. The number of para-hydroxylation sites is 2. The topological polar surface area (TPSA) is 97.8 Å². The summed E-state index contributed by atoms with van der Waals surface area (Å²) in [7, 11) is 0. The molecule has 7 nitrogen and oxygen atoms in total. The third-order valence-electron chi connectivity index (χ3n) is 8.05. The van der Waals surface area contributed by atoms with Crippen molar-refractivity contribution in [3.05, 3.63) is 150 Å². The molecule has 0 unspecified atom stereocenters. The third kappa shape index (κ3) is 7.70. The molecule has 0 aliphatic heterocycles. The van der Waals surface area contributed by atoms with E-state index in [0.717, 1.165) is 33.2 Å². The number of carboxylic acid groups (broad SMARTS) is 1. The van der Waals surface area contributed by atoms with Crippen molar-refractivity contribution in [3.8, 4) is 34.1 Å². The first-order chi connectivity index (χ1) is 23.1. The zero-order valence-electron chi connectivity index (χ0n) is 27.0. The fourth-order valence-corrected chi connectivity index (χ4v) is 5.36. The Labute approximate surface area is 279 Å². The van der Waals surface area contributed by atoms with Gasteiger partial charge in [-0.1, -0.05) is 93.6 Å². The largest absolute Gasteiger partial charge is 0.480 e. The minimum atomic E-state index is -1.15. The molecule has 6 rings (SSSR count). The third-order valence-corrected chi connectivity index (χ3v) is 8.05. The number of amides is 1. The van der Waals surface area contributed by atoms with Gasteiger partial charge in [-0.25, -0.2) is 4.79 Å². The van der Waals surface area contributed by atoms with Gasteiger partial charge in [0, 0.05) is 23.6 Å². The quantitative estimate of drug-likeness (QED) is 0.156. The Morgan fingerprint density at radius 2 is 1.40 bits per heavy atom. The lowest BCUT2D eigenvalue weighted by atomic mass is 9.87. The number of aromatic nitrogens is 1. The SMILES string of the molecule is CC(C)(C)c1ccc(Oc2ccc3cnc(C(=O)N[C@@H](Cc4ccc(-c5ccccc5Oc5ccccc5)cc4)C(=O)O)cc3c2)cc1. The van der Waals surface area contributed by atoms with Gasteiger partial charge in [-0.15, -0.1) is 0 Å². The van der Waals surface area contributed by atoms with Crippen molar-refractivity contribution in [2.75, 3.05) is 0 Å². The molecule has 1 atom stereocenters. The van der Waals surface area contributed by atoms with Gasteiger partial charge in [0.15, 0.2) is 0 Å². The fourth-order valence-electron chi connectivity index (χ4n) is 5.36. The molecule has 0 spiro atoms. The molecule has 48 heavy (non-hydrogen) atoms. The number of carbonyl (C=O) groups excluding carboxylic acids is 1. The summed E-state index contributed by atoms with van der Waals surface area (Å²) in [4.78, 5) is 29.7. The van der Waals surface area contributed by atoms with E-state index in [0.29, 0.717) is 17.2 Å². The average molecular weight is 637 g/mol. The van der Waals surface area contributed by atoms with Crippen molar-refractivity contribution in [2.24, 2.45) is 0 Å². The number of hydrogen-bond donors (Lipinski definition) is 2. The lowest BCUT2D eigenvalue weighted by Gasteiger charge is -2.19. The van der Waals surface area contributed by atoms with Gasteiger partial charge in [0.2, 0.25) is 0 Å². The zero-order valence-corrected chi connectivity index (χ0v) is 27.0. The van der Waals surface area contributed by atoms with E-state index in [1.807, 2.05) is 109 Å². The Morgan fingerprint density at radius 3 is 2.10 bits per heavy atom. The number of carboxylic acids is 1. The Hall–Kier alpha value is -5.95. The van der Waals surface area contributed by atoms with Crippen LogP contribution < -0.4 is 14.8 Å². The first-order valence-corrected chi connectivity index (χ1v) is 15.8. The molecule has 240 valence electrons. The van der Waals surface area contributed by atoms with E-state index < -0.39 is 17.9 Å². The molecule has 2 N–H and O–H groups in total. The van der Waals surface area contributed by atoms with Crippen LogP contribution in [0.3, 0.4) is 0 Å². The average Bonchev–Trinajstić information content (AvgIpc) is 3.08. The number of nitrogens with zero attached hydrogens (tertiary/aromatic N) is 1. The molecular weight excluding hydrogens is 600 g/mol. The van der Waals surface area contributed by atoms with Crippen LogP contribution in [0.25, 0.3) is 21.9 Å². The highest BCUT2D eigenvalue weighted by molar-refractivity contribution is 5.98. The monoisotopic (exact) mass is 636 g/mol. The molecule has 6 aromatic rings. The highest BCUT2D eigenvalue weighted by Gasteiger charge is 2.22. The Balaban J connectivity index is 1.14. The van der Waals surface area contributed by atoms with Gasteiger partial charge < -0.3 is 19.9 Å². The standard InChI is InChI=1S/C41H36N2O5/c1-41(2,3)31-18-21-33(22-19-31)47-34-20-17-29-26-42-36(25-30(29)24-34)39(44)43-37(40(45)46)23-27-13-15-28(16-14-27)35-11-7-8-12-38(35)48-32-9-5-4-6-10-32/h4-22,24-26,37H,23H2,1-3H3,(H,43,44)(H,45,46)/t37-/m0/s1. The Kier molecular flexibility index (Phi) is 9.21. The van der Waals surface area contributed by atoms with Crippen molar-refractivity contribution < 1.29 is 24.2 Å². The van der Waals surface area contributed by atoms with Gasteiger partial charge in [-0.05, 0) is 82.1 Å². The molecule has 1 heterocycles. The van der Waals surface area contributed by atoms with Gasteiger partial charge in [0.05, 0.1) is 0 Å². The van der Waals surface area contributed by atoms with E-state index in [4.69, 9.17) is 9.47 Å². The molecule has 0 fully saturated rings. The minimum absolute atomic E-state index is 0.0429. The molecule has 1 amide bonds. The van der Waals surface area contributed by atoms with Crippen LogP contribution >= 0.6 is 0 Å². The maximum Gasteiger partial charge on any atom is 0.326 e. The predicted molar refractivity (Wildman–Crippen MR) is 188 cm³/mol. The summed E-state index contributed by atoms with van der Waals surface area (Å²) >= 11 is 0. The normalized spacial score (nSPS) is 11.9. The molecule has 7 heteroatoms. The van der Waals surface area contributed by atoms with Gasteiger partial charge in [-0.3, -0.25) is 9.78 Å². The highest BCUT2D eigenvalue weighted by atomic mass is 16.5. The second kappa shape index (κ2) is 13.8. The molecule has 0 saturated carbocycles. The zero-order chi connectivity index (χ0) is 33.7. The van der Waals surface area contributed by atoms with Gasteiger partial charge in [0.1, 0.15) is 34.7 Å². The lowest BCUT2D eigenvalue weighted by molar-refractivity contribution is -0.139. The molecule has 1 aromatic heterocycles. The fraction of sp³-hybridized carbons (Fsp3) is 0.146. The van der Waals surface area contributed by atoms with Gasteiger partial charge in [0.25, 0.3) is 5.91 Å². The summed E-state index contributed by atoms with van der Waals surface area (Å²) in [6, 6.07) is 38.9. The number of fused-ring (bicyclic) bond motifs is 1. The van der Waals surface area contributed by atoms with E-state index in [-0.39, 0.29) is 17.5 Å². The van der Waals surface area contributed by atoms with Crippen molar-refractivity contribution in [2.45, 2.75) is 38.6 Å². The van der Waals surface area contributed by atoms with E-state index in [2.05, 4.69) is 43.2 Å². The van der Waals surface area contributed by atoms with Crippen LogP contribution in [0, 0.1) is 0 Å². The summed E-state index contributed by atoms with van der Waals surface area (Å²) in [6.45, 7) is 6.48. The summed E-state index contributed by atoms with van der Waals surface area (Å²) in [5, 5.41) is 14.2. The van der Waals surface area contributed by atoms with Crippen LogP contribution in [0.1, 0.15) is 42.4 Å². The van der Waals surface area contributed by atoms with Crippen LogP contribution in [0.15, 0.2) is 134 Å². The molecule has 5 aromatic carbocycles. The molecular formula is C41H36N2O5. The number of ether oxygens (including phenoxy) is 2. The smallest absolute Gasteiger partial charge is 0.326 e. The molecule has 0 radical (unpaired) electrons. The summed E-state index contributed by atoms with van der Waals surface area (Å²) < 4.78 is 12.2. The number of hydrogen-bond acceptors (Lipinski definition) is 5. The van der Waals surface area contributed by atoms with Crippen molar-refractivity contribution in [1.82, 2.24) is 10.3 Å². The maximum absolute atomic E-state index is 13.2. The molecule has 0 aliphatic rings. The highest BCUT2D eigenvalue weighted by Crippen LogP contribution is 2.33. The number of aliphatic carboxylic acids is 1. The summed E-state index contributed by atoms with van der Waals surface area (Å²) in [6.07, 6.45) is 1.70. The van der Waals surface area contributed by atoms with E-state index in [9.17, 15) is 14.7 Å². The second-order valence-corrected chi connectivity index (χ2v) is 12.6. The van der Waals surface area contributed by atoms with Crippen molar-refractivity contribution >= 4 is 22.6 Å². The molecule has 0 saturated heterocycles. The van der Waals surface area contributed by atoms with Gasteiger partial charge >= 0.3 is 5.97 Å². The van der Waals surface area contributed by atoms with Crippen LogP contribution in [0.5, 0.6) is 23.0 Å². The lowest BCUT2D eigenvalue weighted by Crippen LogP contribution is -2.42. The maximum atomic E-state index is 13.2. The summed E-state index contributed by atoms with van der Waals surface area (Å²) in [5.41, 5.74) is 3.96. The minimum Gasteiger partial charge on any atom is -0.480 e. The number of rotatable bonds is 10. The Morgan fingerprint density at radius 1 is 0.729 bits per heavy atom. The van der Waals surface area contributed by atoms with Crippen molar-refractivity contribution in [3.63, 3.8) is 0 Å². The van der Waals surface area contributed by atoms with E-state index in [1.165, 1.54) is 5.56 Å². The number of benzene rings is 5. The number of nitrogens with one attached hydrogen (secondary N) is 1. The first-order valence-electron chi connectivity index (χ1n) is 15.8. The van der Waals surface area contributed by atoms with Crippen LogP contribution in [-0.4, -0.2) is 28.0 Å². The van der Waals surface area contributed by atoms with Gasteiger partial charge in [-0.2, -0.15) is 0 Å². The predicted octanol–water partition coefficient (Wildman–Crippen LogP) is 9.21. The van der Waals surface area contributed by atoms with E-state index >= 15 is 0 Å². The molecule has 0 aliphatic carbocycles.